The first-order valence-corrected chi connectivity index (χ1v) is 8.79. The van der Waals surface area contributed by atoms with Crippen LogP contribution in [0.25, 0.3) is 0 Å². The second-order valence-corrected chi connectivity index (χ2v) is 7.64. The molecule has 5 nitrogen and oxygen atoms in total. The minimum absolute atomic E-state index is 0. The molecular weight excluding hydrogens is 413 g/mol. The largest absolute Gasteiger partial charge is 0.356 e. The average Bonchev–Trinajstić information content (AvgIpc) is 3.06. The van der Waals surface area contributed by atoms with Crippen molar-refractivity contribution in [2.75, 3.05) is 20.6 Å². The van der Waals surface area contributed by atoms with Gasteiger partial charge in [-0.3, -0.25) is 9.67 Å². The van der Waals surface area contributed by atoms with E-state index in [1.165, 1.54) is 36.9 Å². The van der Waals surface area contributed by atoms with Crippen LogP contribution in [0.2, 0.25) is 0 Å². The van der Waals surface area contributed by atoms with E-state index >= 15 is 0 Å². The summed E-state index contributed by atoms with van der Waals surface area (Å²) in [7, 11) is 5.95. The van der Waals surface area contributed by atoms with Gasteiger partial charge in [0.1, 0.15) is 0 Å². The Morgan fingerprint density at radius 2 is 2.04 bits per heavy atom. The maximum absolute atomic E-state index is 4.60. The van der Waals surface area contributed by atoms with E-state index in [9.17, 15) is 0 Å². The lowest BCUT2D eigenvalue weighted by Crippen LogP contribution is -2.42. The van der Waals surface area contributed by atoms with Gasteiger partial charge in [-0.05, 0) is 24.2 Å². The van der Waals surface area contributed by atoms with Crippen molar-refractivity contribution in [1.29, 1.82) is 0 Å². The molecule has 0 saturated heterocycles. The summed E-state index contributed by atoms with van der Waals surface area (Å²) in [6, 6.07) is 0. The second-order valence-electron chi connectivity index (χ2n) is 7.64. The molecule has 1 heterocycles. The summed E-state index contributed by atoms with van der Waals surface area (Å²) in [6.07, 6.45) is 7.49. The van der Waals surface area contributed by atoms with Gasteiger partial charge < -0.3 is 10.2 Å². The van der Waals surface area contributed by atoms with Gasteiger partial charge in [0.05, 0.1) is 5.69 Å². The van der Waals surface area contributed by atoms with Gasteiger partial charge in [0.25, 0.3) is 0 Å². The molecule has 6 heteroatoms. The van der Waals surface area contributed by atoms with Crippen molar-refractivity contribution < 1.29 is 0 Å². The Morgan fingerprint density at radius 1 is 1.42 bits per heavy atom. The molecule has 1 aliphatic carbocycles. The molecule has 1 aromatic heterocycles. The number of rotatable bonds is 5. The Hall–Kier alpha value is -0.790. The van der Waals surface area contributed by atoms with Gasteiger partial charge in [-0.2, -0.15) is 5.10 Å². The van der Waals surface area contributed by atoms with Crippen LogP contribution in [0, 0.1) is 5.41 Å². The molecule has 24 heavy (non-hydrogen) atoms. The third kappa shape index (κ3) is 5.36. The molecule has 1 aromatic rings. The molecule has 0 unspecified atom stereocenters. The van der Waals surface area contributed by atoms with E-state index in [1.807, 2.05) is 18.8 Å². The first-order valence-electron chi connectivity index (χ1n) is 8.79. The lowest BCUT2D eigenvalue weighted by atomic mass is 9.89. The van der Waals surface area contributed by atoms with Gasteiger partial charge in [0, 0.05) is 46.0 Å². The third-order valence-electron chi connectivity index (χ3n) is 4.95. The van der Waals surface area contributed by atoms with Gasteiger partial charge in [-0.25, -0.2) is 0 Å². The Bertz CT molecular complexity index is 544. The van der Waals surface area contributed by atoms with Crippen molar-refractivity contribution in [3.05, 3.63) is 17.5 Å². The van der Waals surface area contributed by atoms with Crippen LogP contribution in [0.5, 0.6) is 0 Å². The van der Waals surface area contributed by atoms with E-state index in [4.69, 9.17) is 0 Å². The van der Waals surface area contributed by atoms with Crippen molar-refractivity contribution in [3.8, 4) is 0 Å². The third-order valence-corrected chi connectivity index (χ3v) is 4.95. The normalized spacial score (nSPS) is 17.0. The van der Waals surface area contributed by atoms with Gasteiger partial charge in [-0.15, -0.1) is 24.0 Å². The summed E-state index contributed by atoms with van der Waals surface area (Å²) < 4.78 is 1.91. The van der Waals surface area contributed by atoms with Crippen LogP contribution in [0.1, 0.15) is 63.6 Å². The number of aryl methyl sites for hydroxylation is 1. The maximum atomic E-state index is 4.60. The summed E-state index contributed by atoms with van der Waals surface area (Å²) in [6.45, 7) is 8.61. The number of hydrogen-bond donors (Lipinski definition) is 1. The van der Waals surface area contributed by atoms with Crippen molar-refractivity contribution in [2.24, 2.45) is 17.5 Å². The second kappa shape index (κ2) is 9.06. The first kappa shape index (κ1) is 21.3. The zero-order chi connectivity index (χ0) is 17.0. The average molecular weight is 447 g/mol. The van der Waals surface area contributed by atoms with Crippen LogP contribution >= 0.6 is 24.0 Å². The molecule has 1 fully saturated rings. The Morgan fingerprint density at radius 3 is 2.58 bits per heavy atom. The van der Waals surface area contributed by atoms with E-state index in [-0.39, 0.29) is 24.0 Å². The highest BCUT2D eigenvalue weighted by Crippen LogP contribution is 2.36. The molecule has 138 valence electrons. The zero-order valence-corrected chi connectivity index (χ0v) is 18.4. The van der Waals surface area contributed by atoms with E-state index in [0.717, 1.165) is 19.0 Å². The molecule has 1 aliphatic rings. The summed E-state index contributed by atoms with van der Waals surface area (Å²) >= 11 is 0. The highest BCUT2D eigenvalue weighted by atomic mass is 127. The SMILES string of the molecule is CN=C(NCC1(C)CCCC1)N(C)Cc1cn(C)nc1C(C)C.I. The van der Waals surface area contributed by atoms with Gasteiger partial charge in [0.2, 0.25) is 0 Å². The molecule has 0 spiro atoms. The van der Waals surface area contributed by atoms with Crippen molar-refractivity contribution in [1.82, 2.24) is 20.0 Å². The molecule has 1 N–H and O–H groups in total. The van der Waals surface area contributed by atoms with Crippen LogP contribution in [0.3, 0.4) is 0 Å². The molecule has 0 aromatic carbocycles. The molecule has 0 aliphatic heterocycles. The van der Waals surface area contributed by atoms with E-state index in [0.29, 0.717) is 11.3 Å². The predicted octanol–water partition coefficient (Wildman–Crippen LogP) is 3.75. The molecule has 1 saturated carbocycles. The molecular formula is C18H34IN5. The standard InChI is InChI=1S/C18H33N5.HI/c1-14(2)16-15(12-23(6)21-16)11-22(5)17(19-4)20-13-18(3)9-7-8-10-18;/h12,14H,7-11,13H2,1-6H3,(H,19,20);1H. The van der Waals surface area contributed by atoms with Gasteiger partial charge in [0.15, 0.2) is 5.96 Å². The molecule has 2 rings (SSSR count). The number of guanidine groups is 1. The minimum Gasteiger partial charge on any atom is -0.356 e. The number of nitrogens with zero attached hydrogens (tertiary/aromatic N) is 4. The predicted molar refractivity (Wildman–Crippen MR) is 112 cm³/mol. The van der Waals surface area contributed by atoms with Gasteiger partial charge in [-0.1, -0.05) is 33.6 Å². The lowest BCUT2D eigenvalue weighted by Gasteiger charge is -2.28. The summed E-state index contributed by atoms with van der Waals surface area (Å²) in [5.41, 5.74) is 2.88. The van der Waals surface area contributed by atoms with Crippen LogP contribution < -0.4 is 5.32 Å². The van der Waals surface area contributed by atoms with Crippen molar-refractivity contribution in [3.63, 3.8) is 0 Å². The van der Waals surface area contributed by atoms with Crippen molar-refractivity contribution in [2.45, 2.75) is 58.9 Å². The Kier molecular flexibility index (Phi) is 8.02. The molecule has 0 bridgehead atoms. The molecule has 0 amide bonds. The number of aromatic nitrogens is 2. The highest BCUT2D eigenvalue weighted by molar-refractivity contribution is 14.0. The van der Waals surface area contributed by atoms with Crippen LogP contribution in [0.15, 0.2) is 11.2 Å². The Balaban J connectivity index is 0.00000288. The molecule has 0 radical (unpaired) electrons. The van der Waals surface area contributed by atoms with E-state index in [1.54, 1.807) is 0 Å². The Labute approximate surface area is 164 Å². The number of hydrogen-bond acceptors (Lipinski definition) is 2. The topological polar surface area (TPSA) is 45.5 Å². The summed E-state index contributed by atoms with van der Waals surface area (Å²) in [5, 5.41) is 8.17. The highest BCUT2D eigenvalue weighted by Gasteiger charge is 2.29. The van der Waals surface area contributed by atoms with E-state index < -0.39 is 0 Å². The fourth-order valence-electron chi connectivity index (χ4n) is 3.58. The number of halogens is 1. The quantitative estimate of drug-likeness (QED) is 0.425. The zero-order valence-electron chi connectivity index (χ0n) is 16.1. The number of aliphatic imine (C=N–C) groups is 1. The first-order chi connectivity index (χ1) is 10.8. The minimum atomic E-state index is 0. The monoisotopic (exact) mass is 447 g/mol. The smallest absolute Gasteiger partial charge is 0.193 e. The lowest BCUT2D eigenvalue weighted by molar-refractivity contribution is 0.327. The van der Waals surface area contributed by atoms with Crippen LogP contribution in [0.4, 0.5) is 0 Å². The van der Waals surface area contributed by atoms with Crippen LogP contribution in [-0.4, -0.2) is 41.3 Å². The fraction of sp³-hybridized carbons (Fsp3) is 0.778. The summed E-state index contributed by atoms with van der Waals surface area (Å²) in [5.74, 6) is 1.41. The van der Waals surface area contributed by atoms with Crippen LogP contribution in [-0.2, 0) is 13.6 Å². The van der Waals surface area contributed by atoms with E-state index in [2.05, 4.69) is 54.3 Å². The fourth-order valence-corrected chi connectivity index (χ4v) is 3.58. The number of nitrogens with one attached hydrogen (secondary N) is 1. The molecule has 0 atom stereocenters. The maximum Gasteiger partial charge on any atom is 0.193 e. The van der Waals surface area contributed by atoms with Crippen molar-refractivity contribution >= 4 is 29.9 Å². The van der Waals surface area contributed by atoms with Gasteiger partial charge >= 0.3 is 0 Å². The summed E-state index contributed by atoms with van der Waals surface area (Å²) in [4.78, 5) is 6.66.